The Bertz CT molecular complexity index is 764. The second-order valence-electron chi connectivity index (χ2n) is 10.2. The maximum Gasteiger partial charge on any atom is 0.190 e. The van der Waals surface area contributed by atoms with Gasteiger partial charge in [0.05, 0.1) is 0 Å². The zero-order chi connectivity index (χ0) is 20.7. The van der Waals surface area contributed by atoms with Crippen LogP contribution in [0.15, 0.2) is 11.6 Å². The summed E-state index contributed by atoms with van der Waals surface area (Å²) in [4.78, 5) is 24.7. The van der Waals surface area contributed by atoms with Crippen LogP contribution in [0.4, 0.5) is 4.39 Å². The van der Waals surface area contributed by atoms with E-state index in [-0.39, 0.29) is 42.8 Å². The molecule has 0 aromatic rings. The summed E-state index contributed by atoms with van der Waals surface area (Å²) in [7, 11) is 0. The molecular weight excluding hydrogens is 363 g/mol. The molecule has 0 aliphatic heterocycles. The van der Waals surface area contributed by atoms with E-state index >= 15 is 4.39 Å². The third-order valence-corrected chi connectivity index (χ3v) is 9.15. The summed E-state index contributed by atoms with van der Waals surface area (Å²) in [5.41, 5.74) is -4.13. The van der Waals surface area contributed by atoms with E-state index in [1.54, 1.807) is 6.08 Å². The fourth-order valence-corrected chi connectivity index (χ4v) is 7.49. The summed E-state index contributed by atoms with van der Waals surface area (Å²) < 4.78 is 16.9. The van der Waals surface area contributed by atoms with Crippen LogP contribution in [0, 0.1) is 28.6 Å². The third kappa shape index (κ3) is 2.17. The molecule has 5 nitrogen and oxygen atoms in total. The number of rotatable bonds is 2. The Morgan fingerprint density at radius 3 is 2.57 bits per heavy atom. The molecule has 0 amide bonds. The molecule has 0 aromatic heterocycles. The number of fused-ring (bicyclic) bond motifs is 5. The van der Waals surface area contributed by atoms with E-state index in [9.17, 15) is 24.9 Å². The lowest BCUT2D eigenvalue weighted by atomic mass is 9.43. The van der Waals surface area contributed by atoms with E-state index in [2.05, 4.69) is 0 Å². The average Bonchev–Trinajstić information content (AvgIpc) is 2.92. The van der Waals surface area contributed by atoms with E-state index in [0.29, 0.717) is 19.3 Å². The highest BCUT2D eigenvalue weighted by atomic mass is 19.1. The molecule has 0 aromatic carbocycles. The number of alkyl halides is 1. The van der Waals surface area contributed by atoms with Gasteiger partial charge in [-0.25, -0.2) is 4.39 Å². The van der Waals surface area contributed by atoms with Gasteiger partial charge in [0.2, 0.25) is 0 Å². The van der Waals surface area contributed by atoms with Crippen molar-refractivity contribution in [2.24, 2.45) is 28.6 Å². The standard InChI is InChI=1S/C22H31FO5/c1-12-8-15-13-4-5-22(28,18(27)11-24)19(13,2)6-7-21(15,23)20(3)10-17(26)16(25)9-14(12)20/h9,12-13,15-16,24-25,28H,4-8,10-11H2,1-3H3/t12?,13-,15-,16?,19-,20-,21+,22-/m0/s1. The van der Waals surface area contributed by atoms with Crippen LogP contribution in [0.3, 0.4) is 0 Å². The van der Waals surface area contributed by atoms with Gasteiger partial charge in [-0.3, -0.25) is 9.59 Å². The second-order valence-corrected chi connectivity index (χ2v) is 10.2. The quantitative estimate of drug-likeness (QED) is 0.624. The van der Waals surface area contributed by atoms with Gasteiger partial charge in [-0.1, -0.05) is 26.3 Å². The van der Waals surface area contributed by atoms with Gasteiger partial charge in [0, 0.05) is 17.3 Å². The highest BCUT2D eigenvalue weighted by Crippen LogP contribution is 2.71. The molecule has 0 saturated heterocycles. The molecular formula is C22H31FO5. The van der Waals surface area contributed by atoms with Crippen molar-refractivity contribution in [1.82, 2.24) is 0 Å². The average molecular weight is 394 g/mol. The maximum atomic E-state index is 16.9. The van der Waals surface area contributed by atoms with Gasteiger partial charge < -0.3 is 15.3 Å². The minimum absolute atomic E-state index is 0.0133. The normalized spacial score (nSPS) is 53.1. The minimum Gasteiger partial charge on any atom is -0.388 e. The molecule has 28 heavy (non-hydrogen) atoms. The molecule has 4 aliphatic carbocycles. The van der Waals surface area contributed by atoms with Crippen molar-refractivity contribution < 1.29 is 29.3 Å². The highest BCUT2D eigenvalue weighted by molar-refractivity contribution is 5.89. The van der Waals surface area contributed by atoms with Gasteiger partial charge >= 0.3 is 0 Å². The molecule has 3 saturated carbocycles. The predicted molar refractivity (Wildman–Crippen MR) is 100 cm³/mol. The number of hydrogen-bond acceptors (Lipinski definition) is 5. The topological polar surface area (TPSA) is 94.8 Å². The van der Waals surface area contributed by atoms with Crippen LogP contribution in [0.2, 0.25) is 0 Å². The number of carbonyl (C=O) groups is 2. The van der Waals surface area contributed by atoms with Gasteiger partial charge in [-0.05, 0) is 55.9 Å². The molecule has 156 valence electrons. The van der Waals surface area contributed by atoms with Crippen LogP contribution < -0.4 is 0 Å². The molecule has 3 N–H and O–H groups in total. The summed E-state index contributed by atoms with van der Waals surface area (Å²) >= 11 is 0. The minimum atomic E-state index is -1.62. The number of ketones is 2. The lowest BCUT2D eigenvalue weighted by Gasteiger charge is -2.63. The Labute approximate surface area is 165 Å². The molecule has 0 spiro atoms. The van der Waals surface area contributed by atoms with Crippen LogP contribution in [-0.4, -0.2) is 50.9 Å². The van der Waals surface area contributed by atoms with Crippen molar-refractivity contribution in [2.45, 2.75) is 76.7 Å². The largest absolute Gasteiger partial charge is 0.388 e. The van der Waals surface area contributed by atoms with Crippen molar-refractivity contribution in [3.05, 3.63) is 11.6 Å². The van der Waals surface area contributed by atoms with Crippen LogP contribution in [-0.2, 0) is 9.59 Å². The Kier molecular flexibility index (Phi) is 4.29. The molecule has 8 atom stereocenters. The lowest BCUT2D eigenvalue weighted by molar-refractivity contribution is -0.189. The van der Waals surface area contributed by atoms with Crippen LogP contribution >= 0.6 is 0 Å². The first-order valence-corrected chi connectivity index (χ1v) is 10.4. The molecule has 6 heteroatoms. The van der Waals surface area contributed by atoms with Crippen LogP contribution in [0.25, 0.3) is 0 Å². The van der Waals surface area contributed by atoms with Crippen molar-refractivity contribution >= 4 is 11.6 Å². The summed E-state index contributed by atoms with van der Waals surface area (Å²) in [6, 6.07) is 0. The molecule has 4 rings (SSSR count). The summed E-state index contributed by atoms with van der Waals surface area (Å²) in [5.74, 6) is -1.45. The number of allylic oxidation sites excluding steroid dienone is 1. The number of Topliss-reactive ketones (excluding diaryl/α,β-unsaturated/α-hetero) is 2. The number of halogens is 1. The molecule has 0 heterocycles. The number of hydrogen-bond donors (Lipinski definition) is 3. The smallest absolute Gasteiger partial charge is 0.190 e. The zero-order valence-electron chi connectivity index (χ0n) is 16.9. The summed E-state index contributed by atoms with van der Waals surface area (Å²) in [6.45, 7) is 4.98. The zero-order valence-corrected chi connectivity index (χ0v) is 16.9. The van der Waals surface area contributed by atoms with E-state index in [4.69, 9.17) is 0 Å². The molecule has 0 radical (unpaired) electrons. The third-order valence-electron chi connectivity index (χ3n) is 9.15. The first-order valence-electron chi connectivity index (χ1n) is 10.4. The molecule has 4 aliphatic rings. The van der Waals surface area contributed by atoms with Crippen molar-refractivity contribution in [1.29, 1.82) is 0 Å². The molecule has 0 bridgehead atoms. The number of aliphatic hydroxyl groups is 3. The Morgan fingerprint density at radius 1 is 1.25 bits per heavy atom. The first-order chi connectivity index (χ1) is 12.9. The second kappa shape index (κ2) is 5.96. The number of aliphatic hydroxyl groups excluding tert-OH is 2. The Hall–Kier alpha value is -1.11. The van der Waals surface area contributed by atoms with E-state index in [0.717, 1.165) is 5.57 Å². The number of carbonyl (C=O) groups excluding carboxylic acids is 2. The lowest BCUT2D eigenvalue weighted by Crippen LogP contribution is -2.65. The summed E-state index contributed by atoms with van der Waals surface area (Å²) in [6.07, 6.45) is 2.24. The predicted octanol–water partition coefficient (Wildman–Crippen LogP) is 2.12. The van der Waals surface area contributed by atoms with Crippen molar-refractivity contribution in [2.75, 3.05) is 6.61 Å². The van der Waals surface area contributed by atoms with E-state index in [1.807, 2.05) is 20.8 Å². The Morgan fingerprint density at radius 2 is 1.93 bits per heavy atom. The van der Waals surface area contributed by atoms with Gasteiger partial charge in [0.1, 0.15) is 24.0 Å². The highest BCUT2D eigenvalue weighted by Gasteiger charge is 2.72. The van der Waals surface area contributed by atoms with Gasteiger partial charge in [-0.15, -0.1) is 0 Å². The first kappa shape index (κ1) is 20.2. The fourth-order valence-electron chi connectivity index (χ4n) is 7.49. The van der Waals surface area contributed by atoms with Crippen LogP contribution in [0.5, 0.6) is 0 Å². The maximum absolute atomic E-state index is 16.9. The van der Waals surface area contributed by atoms with E-state index in [1.165, 1.54) is 0 Å². The van der Waals surface area contributed by atoms with Crippen molar-refractivity contribution in [3.63, 3.8) is 0 Å². The van der Waals surface area contributed by atoms with Crippen molar-refractivity contribution in [3.8, 4) is 0 Å². The monoisotopic (exact) mass is 394 g/mol. The molecule has 3 fully saturated rings. The van der Waals surface area contributed by atoms with Gasteiger partial charge in [0.15, 0.2) is 11.6 Å². The van der Waals surface area contributed by atoms with Gasteiger partial charge in [0.25, 0.3) is 0 Å². The van der Waals surface area contributed by atoms with E-state index < -0.39 is 40.6 Å². The molecule has 2 unspecified atom stereocenters. The fraction of sp³-hybridized carbons (Fsp3) is 0.818. The Balaban J connectivity index is 1.79. The summed E-state index contributed by atoms with van der Waals surface area (Å²) in [5, 5.41) is 30.6. The van der Waals surface area contributed by atoms with Gasteiger partial charge in [-0.2, -0.15) is 0 Å². The SMILES string of the molecule is CC1C[C@H]2[C@@H]3CC[C@](O)(C(=O)CO)[C@@]3(C)CC[C@]2(F)[C@@]2(C)CC(=O)C(O)C=C12. The van der Waals surface area contributed by atoms with Crippen LogP contribution in [0.1, 0.15) is 59.3 Å².